The van der Waals surface area contributed by atoms with E-state index in [-0.39, 0.29) is 22.2 Å². The second-order valence-electron chi connectivity index (χ2n) is 10.1. The molecule has 1 saturated heterocycles. The van der Waals surface area contributed by atoms with E-state index in [1.165, 1.54) is 14.9 Å². The molecule has 0 bridgehead atoms. The van der Waals surface area contributed by atoms with E-state index < -0.39 is 21.7 Å². The minimum atomic E-state index is -3.66. The lowest BCUT2D eigenvalue weighted by atomic mass is 9.99. The van der Waals surface area contributed by atoms with Gasteiger partial charge in [-0.1, -0.05) is 12.0 Å². The number of hydrogen-bond donors (Lipinski definition) is 2. The summed E-state index contributed by atoms with van der Waals surface area (Å²) in [6, 6.07) is 6.08. The van der Waals surface area contributed by atoms with Gasteiger partial charge in [-0.2, -0.15) is 9.29 Å². The summed E-state index contributed by atoms with van der Waals surface area (Å²) in [4.78, 5) is 26.5. The number of hydrogen-bond acceptors (Lipinski definition) is 8. The summed E-state index contributed by atoms with van der Waals surface area (Å²) in [7, 11) is -3.66. The Morgan fingerprint density at radius 1 is 1.22 bits per heavy atom. The Morgan fingerprint density at radius 2 is 1.97 bits per heavy atom. The van der Waals surface area contributed by atoms with Crippen LogP contribution in [0.2, 0.25) is 0 Å². The molecule has 11 heteroatoms. The molecule has 4 heterocycles. The molecule has 10 nitrogen and oxygen atoms in total. The molecule has 1 aliphatic carbocycles. The van der Waals surface area contributed by atoms with Crippen LogP contribution in [0.3, 0.4) is 0 Å². The number of nitrogens with zero attached hydrogens (tertiary/aromatic N) is 5. The first-order valence-electron chi connectivity index (χ1n) is 12.4. The topological polar surface area (TPSA) is 130 Å². The van der Waals surface area contributed by atoms with Crippen LogP contribution in [0.5, 0.6) is 0 Å². The molecular weight excluding hydrogens is 492 g/mol. The normalized spacial score (nSPS) is 23.2. The molecule has 0 unspecified atom stereocenters. The number of piperidine rings is 1. The molecule has 2 atom stereocenters. The van der Waals surface area contributed by atoms with Gasteiger partial charge in [-0.05, 0) is 64.2 Å². The molecule has 0 aromatic carbocycles. The van der Waals surface area contributed by atoms with Gasteiger partial charge < -0.3 is 10.4 Å². The van der Waals surface area contributed by atoms with Crippen LogP contribution < -0.4 is 10.9 Å². The van der Waals surface area contributed by atoms with Crippen LogP contribution in [-0.2, 0) is 10.0 Å². The first-order chi connectivity index (χ1) is 17.6. The largest absolute Gasteiger partial charge is 0.388 e. The fourth-order valence-corrected chi connectivity index (χ4v) is 6.80. The molecule has 2 aliphatic rings. The van der Waals surface area contributed by atoms with Crippen LogP contribution in [-0.4, -0.2) is 62.1 Å². The number of anilines is 1. The zero-order chi connectivity index (χ0) is 26.4. The number of aryl methyl sites for hydroxylation is 1. The summed E-state index contributed by atoms with van der Waals surface area (Å²) in [6.07, 6.45) is 10.4. The lowest BCUT2D eigenvalue weighted by Gasteiger charge is -2.31. The Morgan fingerprint density at radius 3 is 2.62 bits per heavy atom. The highest BCUT2D eigenvalue weighted by molar-refractivity contribution is 7.89. The Kier molecular flexibility index (Phi) is 6.52. The highest BCUT2D eigenvalue weighted by Crippen LogP contribution is 2.39. The van der Waals surface area contributed by atoms with Crippen LogP contribution >= 0.6 is 0 Å². The van der Waals surface area contributed by atoms with Gasteiger partial charge in [0.2, 0.25) is 5.95 Å². The van der Waals surface area contributed by atoms with Crippen LogP contribution in [0, 0.1) is 19.3 Å². The van der Waals surface area contributed by atoms with Crippen LogP contribution in [0.4, 0.5) is 5.95 Å². The van der Waals surface area contributed by atoms with E-state index in [4.69, 9.17) is 6.42 Å². The first-order valence-corrected chi connectivity index (χ1v) is 13.9. The monoisotopic (exact) mass is 522 g/mol. The molecule has 0 amide bonds. The fourth-order valence-electron chi connectivity index (χ4n) is 5.34. The molecule has 194 valence electrons. The maximum atomic E-state index is 13.2. The van der Waals surface area contributed by atoms with E-state index in [1.807, 2.05) is 0 Å². The van der Waals surface area contributed by atoms with Crippen LogP contribution in [0.15, 0.2) is 40.3 Å². The molecule has 3 aromatic rings. The summed E-state index contributed by atoms with van der Waals surface area (Å²) in [5, 5.41) is 14.9. The molecular formula is C26H30N6O4S. The van der Waals surface area contributed by atoms with Crippen molar-refractivity contribution in [1.82, 2.24) is 23.8 Å². The molecule has 2 N–H and O–H groups in total. The van der Waals surface area contributed by atoms with Gasteiger partial charge >= 0.3 is 0 Å². The van der Waals surface area contributed by atoms with Crippen molar-refractivity contribution in [1.29, 1.82) is 0 Å². The lowest BCUT2D eigenvalue weighted by molar-refractivity contribution is 0.0266. The second kappa shape index (κ2) is 9.52. The van der Waals surface area contributed by atoms with Crippen molar-refractivity contribution in [2.45, 2.75) is 68.7 Å². The van der Waals surface area contributed by atoms with E-state index in [9.17, 15) is 18.3 Å². The average molecular weight is 523 g/mol. The summed E-state index contributed by atoms with van der Waals surface area (Å²) < 4.78 is 29.0. The van der Waals surface area contributed by atoms with Crippen molar-refractivity contribution in [3.8, 4) is 12.3 Å². The number of fused-ring (bicyclic) bond motifs is 1. The third-order valence-electron chi connectivity index (χ3n) is 7.37. The molecule has 1 saturated carbocycles. The molecule has 5 rings (SSSR count). The van der Waals surface area contributed by atoms with Crippen LogP contribution in [0.1, 0.15) is 56.3 Å². The lowest BCUT2D eigenvalue weighted by Crippen LogP contribution is -2.42. The van der Waals surface area contributed by atoms with Crippen LogP contribution in [0.25, 0.3) is 11.0 Å². The van der Waals surface area contributed by atoms with Gasteiger partial charge in [0.1, 0.15) is 5.65 Å². The summed E-state index contributed by atoms with van der Waals surface area (Å²) >= 11 is 0. The van der Waals surface area contributed by atoms with Crippen molar-refractivity contribution in [3.05, 3.63) is 52.1 Å². The van der Waals surface area contributed by atoms with E-state index in [0.717, 1.165) is 6.42 Å². The molecule has 3 aromatic heterocycles. The fraction of sp³-hybridized carbons (Fsp3) is 0.462. The standard InChI is InChI=1S/C26H30N6O4S/c1-4-18-15-19-16-27-25(30-23(19)32(24(18)33)21-8-6-12-26(21,3)34)29-20-10-13-31(14-11-20)37(35,36)22-9-5-7-17(2)28-22/h1,5,7,9,15-16,20-21,34H,6,8,10-14H2,2-3H3,(H,27,29,30)/t21-,26-/m1/s1. The molecule has 1 aliphatic heterocycles. The third-order valence-corrected chi connectivity index (χ3v) is 9.17. The van der Waals surface area contributed by atoms with Crippen molar-refractivity contribution in [2.75, 3.05) is 18.4 Å². The number of rotatable bonds is 5. The third kappa shape index (κ3) is 4.72. The first kappa shape index (κ1) is 25.3. The molecule has 2 fully saturated rings. The maximum Gasteiger partial charge on any atom is 0.268 e. The van der Waals surface area contributed by atoms with Crippen molar-refractivity contribution in [2.24, 2.45) is 0 Å². The van der Waals surface area contributed by atoms with E-state index in [1.54, 1.807) is 38.2 Å². The highest BCUT2D eigenvalue weighted by atomic mass is 32.2. The summed E-state index contributed by atoms with van der Waals surface area (Å²) in [5.41, 5.74) is -0.129. The summed E-state index contributed by atoms with van der Waals surface area (Å²) in [6.45, 7) is 4.17. The van der Waals surface area contributed by atoms with Crippen molar-refractivity contribution in [3.63, 3.8) is 0 Å². The quantitative estimate of drug-likeness (QED) is 0.488. The number of terminal acetylenes is 1. The molecule has 0 radical (unpaired) electrons. The smallest absolute Gasteiger partial charge is 0.268 e. The summed E-state index contributed by atoms with van der Waals surface area (Å²) in [5.74, 6) is 2.79. The number of aliphatic hydroxyl groups is 1. The predicted molar refractivity (Wildman–Crippen MR) is 140 cm³/mol. The minimum Gasteiger partial charge on any atom is -0.388 e. The van der Waals surface area contributed by atoms with E-state index in [2.05, 4.69) is 26.2 Å². The SMILES string of the molecule is C#Cc1cc2cnc(NC3CCN(S(=O)(=O)c4cccc(C)n4)CC3)nc2n([C@@H]2CCC[C@@]2(C)O)c1=O. The Hall–Kier alpha value is -3.33. The van der Waals surface area contributed by atoms with Gasteiger partial charge in [0, 0.05) is 36.4 Å². The number of sulfonamides is 1. The van der Waals surface area contributed by atoms with E-state index >= 15 is 0 Å². The molecule has 37 heavy (non-hydrogen) atoms. The van der Waals surface area contributed by atoms with Gasteiger partial charge in [0.15, 0.2) is 5.03 Å². The van der Waals surface area contributed by atoms with Crippen molar-refractivity contribution >= 4 is 27.0 Å². The second-order valence-corrected chi connectivity index (χ2v) is 11.9. The van der Waals surface area contributed by atoms with Gasteiger partial charge in [-0.3, -0.25) is 9.36 Å². The molecule has 0 spiro atoms. The van der Waals surface area contributed by atoms with Gasteiger partial charge in [-0.15, -0.1) is 6.42 Å². The van der Waals surface area contributed by atoms with Gasteiger partial charge in [0.25, 0.3) is 15.6 Å². The van der Waals surface area contributed by atoms with Crippen molar-refractivity contribution < 1.29 is 13.5 Å². The van der Waals surface area contributed by atoms with E-state index in [0.29, 0.717) is 61.4 Å². The highest BCUT2D eigenvalue weighted by Gasteiger charge is 2.40. The maximum absolute atomic E-state index is 13.2. The average Bonchev–Trinajstić information content (AvgIpc) is 3.22. The van der Waals surface area contributed by atoms with Gasteiger partial charge in [0.05, 0.1) is 17.2 Å². The van der Waals surface area contributed by atoms with Gasteiger partial charge in [-0.25, -0.2) is 18.4 Å². The number of aromatic nitrogens is 4. The number of nitrogens with one attached hydrogen (secondary N) is 1. The Balaban J connectivity index is 1.38. The zero-order valence-electron chi connectivity index (χ0n) is 20.9. The Bertz CT molecular complexity index is 1550. The number of pyridine rings is 2. The zero-order valence-corrected chi connectivity index (χ0v) is 21.7. The Labute approximate surface area is 215 Å². The predicted octanol–water partition coefficient (Wildman–Crippen LogP) is 2.22. The minimum absolute atomic E-state index is 0.0471.